The number of rotatable bonds is 6. The number of nitriles is 1. The normalized spacial score (nSPS) is 10.5. The highest BCUT2D eigenvalue weighted by atomic mass is 16.5. The van der Waals surface area contributed by atoms with Crippen LogP contribution in [0.15, 0.2) is 72.9 Å². The fourth-order valence-electron chi connectivity index (χ4n) is 3.60. The van der Waals surface area contributed by atoms with Crippen LogP contribution in [-0.4, -0.2) is 18.0 Å². The molecule has 0 bridgehead atoms. The summed E-state index contributed by atoms with van der Waals surface area (Å²) in [5.41, 5.74) is 6.28. The maximum Gasteiger partial charge on any atom is 0.221 e. The number of carbonyl (C=O) groups is 1. The fourth-order valence-corrected chi connectivity index (χ4v) is 3.60. The van der Waals surface area contributed by atoms with Crippen LogP contribution in [-0.2, 0) is 16.1 Å². The van der Waals surface area contributed by atoms with E-state index in [-0.39, 0.29) is 5.91 Å². The SMILES string of the molecule is COCc1cc2ncc(C#N)c(Nc3ccc(-c4ccccc4)cc3)c2cc1NC(C)=O. The molecule has 3 aromatic carbocycles. The molecular weight excluding hydrogens is 400 g/mol. The lowest BCUT2D eigenvalue weighted by Gasteiger charge is -2.16. The molecule has 0 radical (unpaired) electrons. The van der Waals surface area contributed by atoms with Crippen molar-refractivity contribution in [2.45, 2.75) is 13.5 Å². The first-order chi connectivity index (χ1) is 15.6. The zero-order valence-corrected chi connectivity index (χ0v) is 17.8. The molecule has 4 aromatic rings. The number of hydrogen-bond donors (Lipinski definition) is 2. The Morgan fingerprint density at radius 1 is 1.06 bits per heavy atom. The van der Waals surface area contributed by atoms with Crippen LogP contribution in [0.4, 0.5) is 17.1 Å². The van der Waals surface area contributed by atoms with E-state index in [4.69, 9.17) is 4.74 Å². The molecule has 0 unspecified atom stereocenters. The first-order valence-electron chi connectivity index (χ1n) is 10.1. The van der Waals surface area contributed by atoms with Crippen LogP contribution in [0.2, 0.25) is 0 Å². The predicted molar refractivity (Wildman–Crippen MR) is 127 cm³/mol. The Labute approximate surface area is 186 Å². The van der Waals surface area contributed by atoms with Crippen molar-refractivity contribution in [2.75, 3.05) is 17.7 Å². The average molecular weight is 422 g/mol. The monoisotopic (exact) mass is 422 g/mol. The first kappa shape index (κ1) is 21.0. The summed E-state index contributed by atoms with van der Waals surface area (Å²) < 4.78 is 5.27. The van der Waals surface area contributed by atoms with Crippen molar-refractivity contribution in [3.8, 4) is 17.2 Å². The van der Waals surface area contributed by atoms with E-state index < -0.39 is 0 Å². The van der Waals surface area contributed by atoms with Gasteiger partial charge in [-0.3, -0.25) is 9.78 Å². The van der Waals surface area contributed by atoms with Gasteiger partial charge in [-0.1, -0.05) is 42.5 Å². The summed E-state index contributed by atoms with van der Waals surface area (Å²) in [6, 6.07) is 24.1. The number of methoxy groups -OCH3 is 1. The summed E-state index contributed by atoms with van der Waals surface area (Å²) >= 11 is 0. The number of carbonyl (C=O) groups excluding carboxylic acids is 1. The van der Waals surface area contributed by atoms with E-state index in [1.165, 1.54) is 6.92 Å². The molecular formula is C26H22N4O2. The molecule has 4 rings (SSSR count). The number of anilines is 3. The zero-order valence-electron chi connectivity index (χ0n) is 17.8. The molecule has 32 heavy (non-hydrogen) atoms. The highest BCUT2D eigenvalue weighted by Gasteiger charge is 2.14. The van der Waals surface area contributed by atoms with Crippen LogP contribution in [0, 0.1) is 11.3 Å². The minimum absolute atomic E-state index is 0.183. The number of pyridine rings is 1. The molecule has 6 nitrogen and oxygen atoms in total. The largest absolute Gasteiger partial charge is 0.380 e. The smallest absolute Gasteiger partial charge is 0.221 e. The van der Waals surface area contributed by atoms with Gasteiger partial charge < -0.3 is 15.4 Å². The van der Waals surface area contributed by atoms with Gasteiger partial charge in [0.15, 0.2) is 0 Å². The number of fused-ring (bicyclic) bond motifs is 1. The second-order valence-electron chi connectivity index (χ2n) is 7.37. The molecule has 0 saturated carbocycles. The Bertz CT molecular complexity index is 1310. The van der Waals surface area contributed by atoms with Gasteiger partial charge in [0.1, 0.15) is 6.07 Å². The van der Waals surface area contributed by atoms with Crippen molar-refractivity contribution in [2.24, 2.45) is 0 Å². The number of amides is 1. The minimum atomic E-state index is -0.183. The van der Waals surface area contributed by atoms with Crippen molar-refractivity contribution in [1.82, 2.24) is 4.98 Å². The summed E-state index contributed by atoms with van der Waals surface area (Å²) in [7, 11) is 1.60. The highest BCUT2D eigenvalue weighted by Crippen LogP contribution is 2.33. The third kappa shape index (κ3) is 4.43. The Morgan fingerprint density at radius 3 is 2.44 bits per heavy atom. The van der Waals surface area contributed by atoms with E-state index in [1.807, 2.05) is 54.6 Å². The van der Waals surface area contributed by atoms with Crippen LogP contribution < -0.4 is 10.6 Å². The van der Waals surface area contributed by atoms with Crippen LogP contribution in [0.25, 0.3) is 22.0 Å². The minimum Gasteiger partial charge on any atom is -0.380 e. The maximum absolute atomic E-state index is 11.7. The molecule has 6 heteroatoms. The maximum atomic E-state index is 11.7. The summed E-state index contributed by atoms with van der Waals surface area (Å²) in [5, 5.41) is 16.6. The number of nitrogens with one attached hydrogen (secondary N) is 2. The van der Waals surface area contributed by atoms with Gasteiger partial charge in [0.2, 0.25) is 5.91 Å². The Kier molecular flexibility index (Phi) is 6.11. The van der Waals surface area contributed by atoms with Crippen LogP contribution in [0.1, 0.15) is 18.1 Å². The molecule has 2 N–H and O–H groups in total. The number of hydrogen-bond acceptors (Lipinski definition) is 5. The van der Waals surface area contributed by atoms with Crippen molar-refractivity contribution in [3.05, 3.63) is 84.1 Å². The molecule has 158 valence electrons. The number of nitrogens with zero attached hydrogens (tertiary/aromatic N) is 2. The molecule has 1 heterocycles. The molecule has 0 fully saturated rings. The first-order valence-corrected chi connectivity index (χ1v) is 10.1. The number of aromatic nitrogens is 1. The molecule has 0 spiro atoms. The Hall–Kier alpha value is -4.21. The van der Waals surface area contributed by atoms with Crippen molar-refractivity contribution >= 4 is 33.9 Å². The van der Waals surface area contributed by atoms with E-state index in [2.05, 4.69) is 33.8 Å². The summed E-state index contributed by atoms with van der Waals surface area (Å²) in [6.07, 6.45) is 1.55. The summed E-state index contributed by atoms with van der Waals surface area (Å²) in [4.78, 5) is 16.2. The summed E-state index contributed by atoms with van der Waals surface area (Å²) in [5.74, 6) is -0.183. The van der Waals surface area contributed by atoms with Gasteiger partial charge in [0.05, 0.1) is 23.4 Å². The van der Waals surface area contributed by atoms with E-state index >= 15 is 0 Å². The Balaban J connectivity index is 1.76. The third-order valence-corrected chi connectivity index (χ3v) is 5.09. The van der Waals surface area contributed by atoms with Crippen LogP contribution in [0.5, 0.6) is 0 Å². The standard InChI is InChI=1S/C26H22N4O2/c1-17(31)29-24-13-23-25(12-20(24)16-32-2)28-15-21(14-27)26(23)30-22-10-8-19(9-11-22)18-6-4-3-5-7-18/h3-13,15H,16H2,1-2H3,(H,28,30)(H,29,31). The van der Waals surface area contributed by atoms with Gasteiger partial charge >= 0.3 is 0 Å². The van der Waals surface area contributed by atoms with Crippen molar-refractivity contribution in [3.63, 3.8) is 0 Å². The van der Waals surface area contributed by atoms with E-state index in [9.17, 15) is 10.1 Å². The molecule has 0 atom stereocenters. The van der Waals surface area contributed by atoms with Gasteiger partial charge in [0.25, 0.3) is 0 Å². The summed E-state index contributed by atoms with van der Waals surface area (Å²) in [6.45, 7) is 1.79. The highest BCUT2D eigenvalue weighted by molar-refractivity contribution is 6.00. The molecule has 1 aromatic heterocycles. The van der Waals surface area contributed by atoms with Crippen LogP contribution >= 0.6 is 0 Å². The predicted octanol–water partition coefficient (Wildman–Crippen LogP) is 5.62. The lowest BCUT2D eigenvalue weighted by Crippen LogP contribution is -2.09. The second-order valence-corrected chi connectivity index (χ2v) is 7.37. The quantitative estimate of drug-likeness (QED) is 0.421. The third-order valence-electron chi connectivity index (χ3n) is 5.09. The Morgan fingerprint density at radius 2 is 1.78 bits per heavy atom. The van der Waals surface area contributed by atoms with Gasteiger partial charge in [-0.2, -0.15) is 5.26 Å². The van der Waals surface area contributed by atoms with Crippen molar-refractivity contribution in [1.29, 1.82) is 5.26 Å². The van der Waals surface area contributed by atoms with Gasteiger partial charge in [-0.05, 0) is 35.4 Å². The number of benzene rings is 3. The molecule has 0 aliphatic rings. The number of ether oxygens (including phenoxy) is 1. The van der Waals surface area contributed by atoms with Gasteiger partial charge in [-0.25, -0.2) is 0 Å². The van der Waals surface area contributed by atoms with E-state index in [1.54, 1.807) is 13.3 Å². The molecule has 0 aliphatic carbocycles. The van der Waals surface area contributed by atoms with E-state index in [0.29, 0.717) is 29.1 Å². The second kappa shape index (κ2) is 9.29. The van der Waals surface area contributed by atoms with E-state index in [0.717, 1.165) is 27.8 Å². The topological polar surface area (TPSA) is 87.0 Å². The van der Waals surface area contributed by atoms with Gasteiger partial charge in [0, 0.05) is 42.6 Å². The van der Waals surface area contributed by atoms with Gasteiger partial charge in [-0.15, -0.1) is 0 Å². The molecule has 0 aliphatic heterocycles. The van der Waals surface area contributed by atoms with Crippen LogP contribution in [0.3, 0.4) is 0 Å². The average Bonchev–Trinajstić information content (AvgIpc) is 2.81. The zero-order chi connectivity index (χ0) is 22.5. The lowest BCUT2D eigenvalue weighted by molar-refractivity contribution is -0.114. The molecule has 0 saturated heterocycles. The fraction of sp³-hybridized carbons (Fsp3) is 0.115. The van der Waals surface area contributed by atoms with Crippen molar-refractivity contribution < 1.29 is 9.53 Å². The lowest BCUT2D eigenvalue weighted by atomic mass is 10.0. The molecule has 1 amide bonds.